The smallest absolute Gasteiger partial charge is 0.230 e. The Morgan fingerprint density at radius 1 is 1.25 bits per heavy atom. The maximum Gasteiger partial charge on any atom is 0.230 e. The highest BCUT2D eigenvalue weighted by Crippen LogP contribution is 2.25. The normalized spacial score (nSPS) is 11.2. The van der Waals surface area contributed by atoms with Gasteiger partial charge in [0.1, 0.15) is 5.75 Å². The van der Waals surface area contributed by atoms with Gasteiger partial charge in [-0.05, 0) is 44.9 Å². The number of ether oxygens (including phenoxy) is 2. The molecule has 1 aromatic carbocycles. The molecule has 1 N–H and O–H groups in total. The molecule has 0 aliphatic rings. The van der Waals surface area contributed by atoms with Gasteiger partial charge in [0, 0.05) is 19.8 Å². The van der Waals surface area contributed by atoms with Crippen molar-refractivity contribution in [2.75, 3.05) is 26.9 Å². The van der Waals surface area contributed by atoms with Gasteiger partial charge in [0.05, 0.1) is 12.5 Å². The van der Waals surface area contributed by atoms with Crippen molar-refractivity contribution in [1.82, 2.24) is 5.32 Å². The first-order chi connectivity index (χ1) is 9.52. The van der Waals surface area contributed by atoms with Gasteiger partial charge in [-0.1, -0.05) is 12.1 Å². The fourth-order valence-electron chi connectivity index (χ4n) is 1.88. The molecule has 112 valence electrons. The summed E-state index contributed by atoms with van der Waals surface area (Å²) in [7, 11) is 1.63. The largest absolute Gasteiger partial charge is 0.497 e. The van der Waals surface area contributed by atoms with Gasteiger partial charge in [-0.2, -0.15) is 0 Å². The van der Waals surface area contributed by atoms with E-state index >= 15 is 0 Å². The van der Waals surface area contributed by atoms with E-state index in [1.165, 1.54) is 0 Å². The molecule has 0 heterocycles. The van der Waals surface area contributed by atoms with E-state index in [1.54, 1.807) is 7.11 Å². The van der Waals surface area contributed by atoms with Crippen LogP contribution < -0.4 is 10.1 Å². The Morgan fingerprint density at radius 2 is 1.90 bits per heavy atom. The van der Waals surface area contributed by atoms with Crippen LogP contribution in [0.4, 0.5) is 0 Å². The molecule has 1 rings (SSSR count). The summed E-state index contributed by atoms with van der Waals surface area (Å²) in [5, 5.41) is 2.96. The molecule has 20 heavy (non-hydrogen) atoms. The van der Waals surface area contributed by atoms with Crippen LogP contribution in [-0.2, 0) is 14.9 Å². The van der Waals surface area contributed by atoms with Crippen molar-refractivity contribution >= 4 is 5.91 Å². The summed E-state index contributed by atoms with van der Waals surface area (Å²) in [4.78, 5) is 12.3. The maximum atomic E-state index is 12.3. The highest BCUT2D eigenvalue weighted by atomic mass is 16.5. The highest BCUT2D eigenvalue weighted by Gasteiger charge is 2.29. The second-order valence-electron chi connectivity index (χ2n) is 5.16. The summed E-state index contributed by atoms with van der Waals surface area (Å²) in [5.74, 6) is 0.820. The summed E-state index contributed by atoms with van der Waals surface area (Å²) in [6.07, 6.45) is 0.832. The molecule has 0 aliphatic heterocycles. The molecule has 0 saturated heterocycles. The summed E-state index contributed by atoms with van der Waals surface area (Å²) in [6, 6.07) is 7.61. The van der Waals surface area contributed by atoms with Gasteiger partial charge >= 0.3 is 0 Å². The molecule has 0 fully saturated rings. The molecule has 0 spiro atoms. The molecule has 4 nitrogen and oxygen atoms in total. The lowest BCUT2D eigenvalue weighted by Gasteiger charge is -2.24. The molecular formula is C16H25NO3. The van der Waals surface area contributed by atoms with Gasteiger partial charge < -0.3 is 14.8 Å². The average molecular weight is 279 g/mol. The molecule has 0 atom stereocenters. The van der Waals surface area contributed by atoms with E-state index in [1.807, 2.05) is 45.0 Å². The zero-order chi connectivity index (χ0) is 15.0. The number of carbonyl (C=O) groups excluding carboxylic acids is 1. The van der Waals surface area contributed by atoms with Gasteiger partial charge in [0.15, 0.2) is 0 Å². The quantitative estimate of drug-likeness (QED) is 0.744. The van der Waals surface area contributed by atoms with Crippen LogP contribution in [0.1, 0.15) is 32.8 Å². The Balaban J connectivity index is 2.55. The van der Waals surface area contributed by atoms with E-state index < -0.39 is 5.41 Å². The Bertz CT molecular complexity index is 412. The van der Waals surface area contributed by atoms with Crippen LogP contribution in [-0.4, -0.2) is 32.8 Å². The third-order valence-corrected chi connectivity index (χ3v) is 3.33. The van der Waals surface area contributed by atoms with Crippen molar-refractivity contribution in [2.45, 2.75) is 32.6 Å². The van der Waals surface area contributed by atoms with E-state index in [9.17, 15) is 4.79 Å². The van der Waals surface area contributed by atoms with Crippen molar-refractivity contribution in [1.29, 1.82) is 0 Å². The van der Waals surface area contributed by atoms with Crippen molar-refractivity contribution in [3.63, 3.8) is 0 Å². The number of benzene rings is 1. The molecule has 0 saturated carbocycles. The fraction of sp³-hybridized carbons (Fsp3) is 0.562. The lowest BCUT2D eigenvalue weighted by atomic mass is 9.83. The van der Waals surface area contributed by atoms with E-state index in [4.69, 9.17) is 9.47 Å². The Hall–Kier alpha value is -1.55. The van der Waals surface area contributed by atoms with Crippen LogP contribution >= 0.6 is 0 Å². The summed E-state index contributed by atoms with van der Waals surface area (Å²) < 4.78 is 10.4. The minimum atomic E-state index is -0.558. The van der Waals surface area contributed by atoms with Crippen molar-refractivity contribution in [2.24, 2.45) is 0 Å². The topological polar surface area (TPSA) is 47.6 Å². The van der Waals surface area contributed by atoms with Crippen LogP contribution in [0.25, 0.3) is 0 Å². The lowest BCUT2D eigenvalue weighted by molar-refractivity contribution is -0.125. The van der Waals surface area contributed by atoms with E-state index in [0.29, 0.717) is 19.8 Å². The Kier molecular flexibility index (Phi) is 6.52. The minimum absolute atomic E-state index is 0.0270. The average Bonchev–Trinajstić information content (AvgIpc) is 2.46. The second kappa shape index (κ2) is 7.90. The van der Waals surface area contributed by atoms with Crippen LogP contribution in [0, 0.1) is 0 Å². The molecular weight excluding hydrogens is 254 g/mol. The monoisotopic (exact) mass is 279 g/mol. The number of hydrogen-bond donors (Lipinski definition) is 1. The van der Waals surface area contributed by atoms with Gasteiger partial charge in [0.2, 0.25) is 5.91 Å². The second-order valence-corrected chi connectivity index (χ2v) is 5.16. The lowest BCUT2D eigenvalue weighted by Crippen LogP contribution is -2.40. The molecule has 1 amide bonds. The van der Waals surface area contributed by atoms with Crippen LogP contribution in [0.2, 0.25) is 0 Å². The van der Waals surface area contributed by atoms with Crippen molar-refractivity contribution < 1.29 is 14.3 Å². The number of amides is 1. The number of hydrogen-bond acceptors (Lipinski definition) is 3. The molecule has 0 bridgehead atoms. The zero-order valence-corrected chi connectivity index (χ0v) is 12.9. The minimum Gasteiger partial charge on any atom is -0.497 e. The fourth-order valence-corrected chi connectivity index (χ4v) is 1.88. The zero-order valence-electron chi connectivity index (χ0n) is 12.9. The van der Waals surface area contributed by atoms with Crippen LogP contribution in [0.3, 0.4) is 0 Å². The summed E-state index contributed by atoms with van der Waals surface area (Å²) >= 11 is 0. The molecule has 0 aromatic heterocycles. The molecule has 0 aliphatic carbocycles. The van der Waals surface area contributed by atoms with Crippen molar-refractivity contribution in [3.05, 3.63) is 29.8 Å². The first-order valence-electron chi connectivity index (χ1n) is 7.03. The Morgan fingerprint density at radius 3 is 2.45 bits per heavy atom. The van der Waals surface area contributed by atoms with Gasteiger partial charge in [-0.3, -0.25) is 4.79 Å². The Labute approximate surface area is 121 Å². The first kappa shape index (κ1) is 16.5. The van der Waals surface area contributed by atoms with Crippen molar-refractivity contribution in [3.8, 4) is 5.75 Å². The predicted octanol–water partition coefficient (Wildman–Crippen LogP) is 2.52. The first-order valence-corrected chi connectivity index (χ1v) is 7.03. The third-order valence-electron chi connectivity index (χ3n) is 3.33. The number of nitrogens with one attached hydrogen (secondary N) is 1. The number of carbonyl (C=O) groups is 1. The molecule has 1 aromatic rings. The third kappa shape index (κ3) is 4.53. The van der Waals surface area contributed by atoms with E-state index in [0.717, 1.165) is 17.7 Å². The summed E-state index contributed by atoms with van der Waals surface area (Å²) in [6.45, 7) is 7.84. The molecule has 0 radical (unpaired) electrons. The summed E-state index contributed by atoms with van der Waals surface area (Å²) in [5.41, 5.74) is 0.415. The van der Waals surface area contributed by atoms with E-state index in [-0.39, 0.29) is 5.91 Å². The predicted molar refractivity (Wildman–Crippen MR) is 80.1 cm³/mol. The van der Waals surface area contributed by atoms with Crippen LogP contribution in [0.15, 0.2) is 24.3 Å². The molecule has 0 unspecified atom stereocenters. The SMILES string of the molecule is CCOCCCNC(=O)C(C)(C)c1ccc(OC)cc1. The van der Waals surface area contributed by atoms with Gasteiger partial charge in [0.25, 0.3) is 0 Å². The maximum absolute atomic E-state index is 12.3. The highest BCUT2D eigenvalue weighted by molar-refractivity contribution is 5.87. The van der Waals surface area contributed by atoms with E-state index in [2.05, 4.69) is 5.32 Å². The standard InChI is InChI=1S/C16H25NO3/c1-5-20-12-6-11-17-15(18)16(2,3)13-7-9-14(19-4)10-8-13/h7-10H,5-6,11-12H2,1-4H3,(H,17,18). The number of methoxy groups -OCH3 is 1. The van der Waals surface area contributed by atoms with Crippen LogP contribution in [0.5, 0.6) is 5.75 Å². The van der Waals surface area contributed by atoms with Gasteiger partial charge in [-0.25, -0.2) is 0 Å². The molecule has 4 heteroatoms. The van der Waals surface area contributed by atoms with Gasteiger partial charge in [-0.15, -0.1) is 0 Å². The number of rotatable bonds is 8.